The number of hydrogen-bond donors (Lipinski definition) is 1. The fourth-order valence-electron chi connectivity index (χ4n) is 1.29. The highest BCUT2D eigenvalue weighted by atomic mass is 32.2. The summed E-state index contributed by atoms with van der Waals surface area (Å²) in [5, 5.41) is 5.55. The summed E-state index contributed by atoms with van der Waals surface area (Å²) in [7, 11) is 0. The van der Waals surface area contributed by atoms with Crippen LogP contribution in [-0.4, -0.2) is 22.6 Å². The molecule has 13 heavy (non-hydrogen) atoms. The van der Waals surface area contributed by atoms with E-state index < -0.39 is 0 Å². The molecular formula is C9H17N3S. The first-order chi connectivity index (χ1) is 6.19. The third kappa shape index (κ3) is 2.48. The highest BCUT2D eigenvalue weighted by molar-refractivity contribution is 7.98. The Kier molecular flexibility index (Phi) is 3.81. The Labute approximate surface area is 83.7 Å². The molecule has 0 aromatic carbocycles. The van der Waals surface area contributed by atoms with Crippen molar-refractivity contribution < 1.29 is 0 Å². The van der Waals surface area contributed by atoms with Crippen molar-refractivity contribution >= 4 is 11.8 Å². The van der Waals surface area contributed by atoms with Gasteiger partial charge in [-0.05, 0) is 32.7 Å². The zero-order chi connectivity index (χ0) is 9.84. The van der Waals surface area contributed by atoms with Crippen molar-refractivity contribution in [3.05, 3.63) is 11.8 Å². The molecule has 0 aliphatic heterocycles. The Morgan fingerprint density at radius 1 is 1.62 bits per heavy atom. The monoisotopic (exact) mass is 199 g/mol. The van der Waals surface area contributed by atoms with Gasteiger partial charge in [-0.25, -0.2) is 0 Å². The van der Waals surface area contributed by atoms with Gasteiger partial charge in [0.15, 0.2) is 0 Å². The molecule has 1 aromatic heterocycles. The summed E-state index contributed by atoms with van der Waals surface area (Å²) < 4.78 is 2.05. The van der Waals surface area contributed by atoms with E-state index in [1.165, 1.54) is 5.69 Å². The van der Waals surface area contributed by atoms with Crippen LogP contribution in [0.1, 0.15) is 25.6 Å². The van der Waals surface area contributed by atoms with Crippen molar-refractivity contribution in [2.24, 2.45) is 5.73 Å². The SMILES string of the molecule is CSc1cc(CCN)n(C(C)C)n1. The second-order valence-corrected chi connectivity index (χ2v) is 4.08. The molecule has 1 aromatic rings. The molecule has 0 fully saturated rings. The van der Waals surface area contributed by atoms with Crippen molar-refractivity contribution in [3.63, 3.8) is 0 Å². The summed E-state index contributed by atoms with van der Waals surface area (Å²) in [5.74, 6) is 0. The van der Waals surface area contributed by atoms with Gasteiger partial charge in [0.25, 0.3) is 0 Å². The third-order valence-corrected chi connectivity index (χ3v) is 2.51. The van der Waals surface area contributed by atoms with Gasteiger partial charge in [0.05, 0.1) is 0 Å². The zero-order valence-corrected chi connectivity index (χ0v) is 9.27. The highest BCUT2D eigenvalue weighted by Crippen LogP contribution is 2.18. The van der Waals surface area contributed by atoms with Crippen LogP contribution in [0.25, 0.3) is 0 Å². The standard InChI is InChI=1S/C9H17N3S/c1-7(2)12-8(4-5-10)6-9(11-12)13-3/h6-7H,4-5,10H2,1-3H3. The van der Waals surface area contributed by atoms with Crippen LogP contribution in [0.2, 0.25) is 0 Å². The Balaban J connectivity index is 2.93. The predicted octanol–water partition coefficient (Wildman–Crippen LogP) is 1.69. The van der Waals surface area contributed by atoms with E-state index in [0.717, 1.165) is 11.4 Å². The predicted molar refractivity (Wildman–Crippen MR) is 57.2 cm³/mol. The maximum Gasteiger partial charge on any atom is 0.118 e. The van der Waals surface area contributed by atoms with Gasteiger partial charge in [-0.2, -0.15) is 5.10 Å². The van der Waals surface area contributed by atoms with Crippen molar-refractivity contribution in [3.8, 4) is 0 Å². The van der Waals surface area contributed by atoms with E-state index >= 15 is 0 Å². The third-order valence-electron chi connectivity index (χ3n) is 1.89. The van der Waals surface area contributed by atoms with Crippen molar-refractivity contribution in [1.82, 2.24) is 9.78 Å². The zero-order valence-electron chi connectivity index (χ0n) is 8.45. The first-order valence-corrected chi connectivity index (χ1v) is 5.74. The number of nitrogens with zero attached hydrogens (tertiary/aromatic N) is 2. The van der Waals surface area contributed by atoms with E-state index in [2.05, 4.69) is 29.7 Å². The van der Waals surface area contributed by atoms with Gasteiger partial charge >= 0.3 is 0 Å². The molecule has 0 saturated heterocycles. The molecule has 0 spiro atoms. The first-order valence-electron chi connectivity index (χ1n) is 4.51. The second kappa shape index (κ2) is 4.67. The van der Waals surface area contributed by atoms with Gasteiger partial charge in [-0.1, -0.05) is 0 Å². The van der Waals surface area contributed by atoms with Crippen LogP contribution in [-0.2, 0) is 6.42 Å². The largest absolute Gasteiger partial charge is 0.330 e. The van der Waals surface area contributed by atoms with Gasteiger partial charge < -0.3 is 5.73 Å². The number of aromatic nitrogens is 2. The maximum atomic E-state index is 5.53. The lowest BCUT2D eigenvalue weighted by Gasteiger charge is -2.09. The van der Waals surface area contributed by atoms with Gasteiger partial charge in [0, 0.05) is 18.2 Å². The summed E-state index contributed by atoms with van der Waals surface area (Å²) in [6.07, 6.45) is 2.95. The molecule has 0 atom stereocenters. The van der Waals surface area contributed by atoms with Gasteiger partial charge in [-0.3, -0.25) is 4.68 Å². The van der Waals surface area contributed by atoms with Crippen molar-refractivity contribution in [2.75, 3.05) is 12.8 Å². The summed E-state index contributed by atoms with van der Waals surface area (Å²) in [5.41, 5.74) is 6.77. The lowest BCUT2D eigenvalue weighted by molar-refractivity contribution is 0.501. The van der Waals surface area contributed by atoms with E-state index in [1.807, 2.05) is 6.26 Å². The van der Waals surface area contributed by atoms with Crippen molar-refractivity contribution in [1.29, 1.82) is 0 Å². The number of nitrogens with two attached hydrogens (primary N) is 1. The lowest BCUT2D eigenvalue weighted by Crippen LogP contribution is -2.11. The Morgan fingerprint density at radius 2 is 2.31 bits per heavy atom. The minimum Gasteiger partial charge on any atom is -0.330 e. The summed E-state index contributed by atoms with van der Waals surface area (Å²) in [6, 6.07) is 2.54. The van der Waals surface area contributed by atoms with E-state index in [9.17, 15) is 0 Å². The molecule has 2 N–H and O–H groups in total. The topological polar surface area (TPSA) is 43.8 Å². The molecule has 0 amide bonds. The minimum atomic E-state index is 0.419. The molecule has 1 rings (SSSR count). The molecular weight excluding hydrogens is 182 g/mol. The van der Waals surface area contributed by atoms with Crippen LogP contribution in [0.15, 0.2) is 11.1 Å². The molecule has 4 heteroatoms. The number of rotatable bonds is 4. The van der Waals surface area contributed by atoms with Gasteiger partial charge in [0.2, 0.25) is 0 Å². The average Bonchev–Trinajstić information content (AvgIpc) is 2.48. The lowest BCUT2D eigenvalue weighted by atomic mass is 10.3. The number of thioether (sulfide) groups is 1. The van der Waals surface area contributed by atoms with Gasteiger partial charge in [-0.15, -0.1) is 11.8 Å². The van der Waals surface area contributed by atoms with Crippen LogP contribution in [0, 0.1) is 0 Å². The molecule has 0 aliphatic rings. The summed E-state index contributed by atoms with van der Waals surface area (Å²) in [4.78, 5) is 0. The molecule has 74 valence electrons. The smallest absolute Gasteiger partial charge is 0.118 e. The van der Waals surface area contributed by atoms with E-state index in [0.29, 0.717) is 12.6 Å². The quantitative estimate of drug-likeness (QED) is 0.750. The molecule has 0 bridgehead atoms. The highest BCUT2D eigenvalue weighted by Gasteiger charge is 2.08. The summed E-state index contributed by atoms with van der Waals surface area (Å²) in [6.45, 7) is 4.96. The molecule has 3 nitrogen and oxygen atoms in total. The average molecular weight is 199 g/mol. The van der Waals surface area contributed by atoms with Crippen LogP contribution in [0.5, 0.6) is 0 Å². The van der Waals surface area contributed by atoms with E-state index in [1.54, 1.807) is 11.8 Å². The van der Waals surface area contributed by atoms with Crippen LogP contribution >= 0.6 is 11.8 Å². The second-order valence-electron chi connectivity index (χ2n) is 3.26. The fourth-order valence-corrected chi connectivity index (χ4v) is 1.71. The molecule has 1 heterocycles. The Hall–Kier alpha value is -0.480. The van der Waals surface area contributed by atoms with Crippen LogP contribution < -0.4 is 5.73 Å². The first kappa shape index (κ1) is 10.6. The van der Waals surface area contributed by atoms with Crippen LogP contribution in [0.4, 0.5) is 0 Å². The maximum absolute atomic E-state index is 5.53. The van der Waals surface area contributed by atoms with E-state index in [4.69, 9.17) is 5.73 Å². The summed E-state index contributed by atoms with van der Waals surface area (Å²) >= 11 is 1.67. The normalized spacial score (nSPS) is 11.2. The Morgan fingerprint density at radius 3 is 2.77 bits per heavy atom. The number of hydrogen-bond acceptors (Lipinski definition) is 3. The molecule has 0 unspecified atom stereocenters. The minimum absolute atomic E-state index is 0.419. The van der Waals surface area contributed by atoms with Gasteiger partial charge in [0.1, 0.15) is 5.03 Å². The molecule has 0 radical (unpaired) electrons. The molecule has 0 aliphatic carbocycles. The molecule has 0 saturated carbocycles. The fraction of sp³-hybridized carbons (Fsp3) is 0.667. The van der Waals surface area contributed by atoms with Crippen LogP contribution in [0.3, 0.4) is 0 Å². The van der Waals surface area contributed by atoms with Crippen molar-refractivity contribution in [2.45, 2.75) is 31.3 Å². The Bertz CT molecular complexity index is 268. The van der Waals surface area contributed by atoms with E-state index in [-0.39, 0.29) is 0 Å².